The van der Waals surface area contributed by atoms with E-state index in [0.717, 1.165) is 5.82 Å². The van der Waals surface area contributed by atoms with Crippen LogP contribution in [0.15, 0.2) is 6.20 Å². The van der Waals surface area contributed by atoms with Crippen molar-refractivity contribution in [3.63, 3.8) is 0 Å². The normalized spacial score (nSPS) is 15.5. The fraction of sp³-hybridized carbons (Fsp3) is 0.250. The lowest BCUT2D eigenvalue weighted by Crippen LogP contribution is -2.28. The van der Waals surface area contributed by atoms with Gasteiger partial charge in [0.15, 0.2) is 5.82 Å². The van der Waals surface area contributed by atoms with Crippen LogP contribution in [0.5, 0.6) is 0 Å². The van der Waals surface area contributed by atoms with E-state index in [1.165, 1.54) is 5.01 Å². The predicted molar refractivity (Wildman–Crippen MR) is 32.9 cm³/mol. The molecule has 1 aliphatic heterocycles. The quantitative estimate of drug-likeness (QED) is 0.455. The summed E-state index contributed by atoms with van der Waals surface area (Å²) < 4.78 is 1.59. The topological polar surface area (TPSA) is 72.9 Å². The van der Waals surface area contributed by atoms with Crippen LogP contribution >= 0.6 is 0 Å². The van der Waals surface area contributed by atoms with E-state index in [9.17, 15) is 0 Å². The number of nitrogens with two attached hydrogens (primary N) is 1. The Morgan fingerprint density at radius 2 is 2.40 bits per heavy atom. The fourth-order valence-electron chi connectivity index (χ4n) is 0.797. The van der Waals surface area contributed by atoms with Gasteiger partial charge in [-0.15, -0.1) is 5.10 Å². The minimum atomic E-state index is 0.559. The molecule has 2 rings (SSSR count). The molecule has 0 radical (unpaired) electrons. The summed E-state index contributed by atoms with van der Waals surface area (Å²) in [6, 6.07) is 0. The Labute approximate surface area is 56.9 Å². The van der Waals surface area contributed by atoms with E-state index in [4.69, 9.17) is 5.84 Å². The molecule has 0 atom stereocenters. The van der Waals surface area contributed by atoms with Crippen LogP contribution in [-0.2, 0) is 6.54 Å². The first-order valence-corrected chi connectivity index (χ1v) is 2.82. The zero-order valence-electron chi connectivity index (χ0n) is 5.18. The lowest BCUT2D eigenvalue weighted by molar-refractivity contribution is 0.362. The molecule has 1 aliphatic rings. The van der Waals surface area contributed by atoms with Crippen molar-refractivity contribution in [2.45, 2.75) is 6.54 Å². The molecule has 0 saturated heterocycles. The third-order valence-corrected chi connectivity index (χ3v) is 1.28. The van der Waals surface area contributed by atoms with Crippen molar-refractivity contribution in [1.29, 1.82) is 0 Å². The Morgan fingerprint density at radius 3 is 3.30 bits per heavy atom. The summed E-state index contributed by atoms with van der Waals surface area (Å²) >= 11 is 0. The molecule has 2 heterocycles. The largest absolute Gasteiger partial charge is 0.309 e. The maximum atomic E-state index is 5.45. The molecular weight excluding hydrogens is 132 g/mol. The van der Waals surface area contributed by atoms with Crippen LogP contribution in [-0.4, -0.2) is 25.2 Å². The van der Waals surface area contributed by atoms with Crippen LogP contribution in [0.2, 0.25) is 0 Å². The predicted octanol–water partition coefficient (Wildman–Crippen LogP) is -1.21. The van der Waals surface area contributed by atoms with Crippen LogP contribution in [0, 0.1) is 0 Å². The summed E-state index contributed by atoms with van der Waals surface area (Å²) in [5, 5.41) is 12.4. The molecule has 52 valence electrons. The third kappa shape index (κ3) is 0.660. The van der Waals surface area contributed by atoms with Gasteiger partial charge in [-0.2, -0.15) is 0 Å². The number of hydrazine groups is 1. The second-order valence-electron chi connectivity index (χ2n) is 2.01. The number of rotatable bonds is 0. The number of tetrazole rings is 1. The SMILES string of the molecule is NN1C=Cn2nnnc2C1. The van der Waals surface area contributed by atoms with Gasteiger partial charge in [0, 0.05) is 12.4 Å². The van der Waals surface area contributed by atoms with E-state index >= 15 is 0 Å². The molecule has 0 spiro atoms. The molecule has 6 nitrogen and oxygen atoms in total. The molecule has 1 aromatic rings. The van der Waals surface area contributed by atoms with Gasteiger partial charge >= 0.3 is 0 Å². The zero-order chi connectivity index (χ0) is 6.97. The van der Waals surface area contributed by atoms with Gasteiger partial charge in [0.1, 0.15) is 0 Å². The van der Waals surface area contributed by atoms with Crippen LogP contribution in [0.4, 0.5) is 0 Å². The van der Waals surface area contributed by atoms with E-state index in [0.29, 0.717) is 6.54 Å². The van der Waals surface area contributed by atoms with Gasteiger partial charge in [0.05, 0.1) is 6.54 Å². The van der Waals surface area contributed by atoms with E-state index in [2.05, 4.69) is 15.5 Å². The molecule has 10 heavy (non-hydrogen) atoms. The molecular formula is C4H6N6. The first-order valence-electron chi connectivity index (χ1n) is 2.82. The summed E-state index contributed by atoms with van der Waals surface area (Å²) in [6.07, 6.45) is 3.42. The highest BCUT2D eigenvalue weighted by atomic mass is 15.6. The summed E-state index contributed by atoms with van der Waals surface area (Å²) in [7, 11) is 0. The van der Waals surface area contributed by atoms with Gasteiger partial charge in [-0.1, -0.05) is 0 Å². The van der Waals surface area contributed by atoms with Crippen molar-refractivity contribution in [2.75, 3.05) is 0 Å². The molecule has 0 amide bonds. The molecule has 0 unspecified atom stereocenters. The van der Waals surface area contributed by atoms with Crippen LogP contribution in [0.1, 0.15) is 5.82 Å². The summed E-state index contributed by atoms with van der Waals surface area (Å²) in [5.41, 5.74) is 0. The van der Waals surface area contributed by atoms with Gasteiger partial charge in [-0.05, 0) is 10.4 Å². The van der Waals surface area contributed by atoms with Gasteiger partial charge in [-0.3, -0.25) is 0 Å². The zero-order valence-corrected chi connectivity index (χ0v) is 5.18. The van der Waals surface area contributed by atoms with Gasteiger partial charge in [0.2, 0.25) is 0 Å². The minimum absolute atomic E-state index is 0.559. The van der Waals surface area contributed by atoms with Crippen molar-refractivity contribution < 1.29 is 0 Å². The molecule has 0 saturated carbocycles. The van der Waals surface area contributed by atoms with Crippen molar-refractivity contribution >= 4 is 6.20 Å². The average Bonchev–Trinajstić information content (AvgIpc) is 2.33. The molecule has 0 aliphatic carbocycles. The van der Waals surface area contributed by atoms with Crippen molar-refractivity contribution in [1.82, 2.24) is 25.2 Å². The van der Waals surface area contributed by atoms with Crippen LogP contribution in [0.3, 0.4) is 0 Å². The number of fused-ring (bicyclic) bond motifs is 1. The summed E-state index contributed by atoms with van der Waals surface area (Å²) in [5.74, 6) is 6.20. The highest BCUT2D eigenvalue weighted by Crippen LogP contribution is 2.02. The summed E-state index contributed by atoms with van der Waals surface area (Å²) in [6.45, 7) is 0.559. The molecule has 6 heteroatoms. The Hall–Kier alpha value is -1.43. The number of nitrogens with zero attached hydrogens (tertiary/aromatic N) is 5. The van der Waals surface area contributed by atoms with E-state index in [1.54, 1.807) is 17.1 Å². The fourth-order valence-corrected chi connectivity index (χ4v) is 0.797. The van der Waals surface area contributed by atoms with Crippen LogP contribution < -0.4 is 5.84 Å². The monoisotopic (exact) mass is 138 g/mol. The molecule has 0 bridgehead atoms. The lowest BCUT2D eigenvalue weighted by atomic mass is 10.5. The van der Waals surface area contributed by atoms with Crippen molar-refractivity contribution in [3.8, 4) is 0 Å². The second-order valence-corrected chi connectivity index (χ2v) is 2.01. The maximum absolute atomic E-state index is 5.45. The second kappa shape index (κ2) is 1.77. The van der Waals surface area contributed by atoms with Gasteiger partial charge in [0.25, 0.3) is 0 Å². The smallest absolute Gasteiger partial charge is 0.176 e. The Morgan fingerprint density at radius 1 is 1.50 bits per heavy atom. The van der Waals surface area contributed by atoms with Crippen LogP contribution in [0.25, 0.3) is 6.20 Å². The number of hydrogen-bond acceptors (Lipinski definition) is 5. The van der Waals surface area contributed by atoms with E-state index in [-0.39, 0.29) is 0 Å². The third-order valence-electron chi connectivity index (χ3n) is 1.28. The minimum Gasteiger partial charge on any atom is -0.309 e. The molecule has 2 N–H and O–H groups in total. The Balaban J connectivity index is 2.43. The standard InChI is InChI=1S/C4H6N6/c5-9-1-2-10-4(3-9)6-7-8-10/h1-2H,3,5H2. The average molecular weight is 138 g/mol. The van der Waals surface area contributed by atoms with Gasteiger partial charge < -0.3 is 5.01 Å². The number of hydrogen-bond donors (Lipinski definition) is 1. The summed E-state index contributed by atoms with van der Waals surface area (Å²) in [4.78, 5) is 0. The molecule has 0 fully saturated rings. The highest BCUT2D eigenvalue weighted by molar-refractivity contribution is 5.22. The first-order chi connectivity index (χ1) is 4.86. The number of aromatic nitrogens is 4. The lowest BCUT2D eigenvalue weighted by Gasteiger charge is -2.15. The van der Waals surface area contributed by atoms with E-state index < -0.39 is 0 Å². The van der Waals surface area contributed by atoms with E-state index in [1.807, 2.05) is 0 Å². The van der Waals surface area contributed by atoms with Crippen molar-refractivity contribution in [2.24, 2.45) is 5.84 Å². The molecule has 0 aromatic carbocycles. The molecule has 1 aromatic heterocycles. The van der Waals surface area contributed by atoms with Crippen molar-refractivity contribution in [3.05, 3.63) is 12.0 Å². The Kier molecular flexibility index (Phi) is 0.952. The Bertz CT molecular complexity index is 262. The maximum Gasteiger partial charge on any atom is 0.176 e. The first kappa shape index (κ1) is 5.36. The van der Waals surface area contributed by atoms with Gasteiger partial charge in [-0.25, -0.2) is 10.5 Å². The highest BCUT2D eigenvalue weighted by Gasteiger charge is 2.09.